The van der Waals surface area contributed by atoms with Gasteiger partial charge in [0.1, 0.15) is 5.01 Å². The van der Waals surface area contributed by atoms with Crippen LogP contribution in [0.5, 0.6) is 0 Å². The summed E-state index contributed by atoms with van der Waals surface area (Å²) in [7, 11) is 0. The third kappa shape index (κ3) is 3.12. The molecule has 0 amide bonds. The van der Waals surface area contributed by atoms with Gasteiger partial charge in [0.2, 0.25) is 5.13 Å². The molecule has 17 heavy (non-hydrogen) atoms. The Balaban J connectivity index is 1.99. The van der Waals surface area contributed by atoms with Crippen LogP contribution in [0.2, 0.25) is 0 Å². The van der Waals surface area contributed by atoms with Crippen molar-refractivity contribution in [3.8, 4) is 0 Å². The molecule has 0 spiro atoms. The number of hydrogen-bond acceptors (Lipinski definition) is 7. The molecule has 6 nitrogen and oxygen atoms in total. The molecule has 7 heteroatoms. The summed E-state index contributed by atoms with van der Waals surface area (Å²) < 4.78 is 5.67. The lowest BCUT2D eigenvalue weighted by molar-refractivity contribution is -0.0592. The lowest BCUT2D eigenvalue weighted by atomic mass is 10.1. The second-order valence-electron chi connectivity index (χ2n) is 4.28. The van der Waals surface area contributed by atoms with Crippen molar-refractivity contribution >= 4 is 16.5 Å². The maximum absolute atomic E-state index is 5.67. The molecule has 0 saturated carbocycles. The van der Waals surface area contributed by atoms with E-state index in [0.717, 1.165) is 31.1 Å². The van der Waals surface area contributed by atoms with Crippen LogP contribution in [0, 0.1) is 0 Å². The highest BCUT2D eigenvalue weighted by Gasteiger charge is 2.26. The highest BCUT2D eigenvalue weighted by atomic mass is 32.1. The van der Waals surface area contributed by atoms with Gasteiger partial charge in [-0.1, -0.05) is 18.3 Å². The molecule has 2 atom stereocenters. The zero-order chi connectivity index (χ0) is 12.3. The van der Waals surface area contributed by atoms with E-state index in [1.807, 2.05) is 0 Å². The van der Waals surface area contributed by atoms with Crippen LogP contribution in [0.3, 0.4) is 0 Å². The minimum absolute atomic E-state index is 0.290. The molecule has 0 aromatic carbocycles. The molecule has 2 rings (SSSR count). The van der Waals surface area contributed by atoms with Gasteiger partial charge in [0, 0.05) is 12.6 Å². The van der Waals surface area contributed by atoms with Gasteiger partial charge < -0.3 is 4.74 Å². The molecule has 3 N–H and O–H groups in total. The van der Waals surface area contributed by atoms with E-state index >= 15 is 0 Å². The van der Waals surface area contributed by atoms with E-state index < -0.39 is 0 Å². The third-order valence-electron chi connectivity index (χ3n) is 2.98. The molecular weight excluding hydrogens is 238 g/mol. The maximum Gasteiger partial charge on any atom is 0.219 e. The highest BCUT2D eigenvalue weighted by Crippen LogP contribution is 2.20. The summed E-state index contributed by atoms with van der Waals surface area (Å²) in [6.45, 7) is 6.86. The van der Waals surface area contributed by atoms with Crippen LogP contribution < -0.4 is 11.3 Å². The van der Waals surface area contributed by atoms with Crippen molar-refractivity contribution in [1.29, 1.82) is 0 Å². The fourth-order valence-electron chi connectivity index (χ4n) is 2.03. The number of ether oxygens (including phenoxy) is 1. The number of nitrogens with zero attached hydrogens (tertiary/aromatic N) is 3. The Hall–Kier alpha value is -0.760. The van der Waals surface area contributed by atoms with Crippen LogP contribution >= 0.6 is 11.3 Å². The highest BCUT2D eigenvalue weighted by molar-refractivity contribution is 7.15. The molecule has 1 fully saturated rings. The first-order valence-electron chi connectivity index (χ1n) is 5.87. The zero-order valence-corrected chi connectivity index (χ0v) is 11.0. The first-order valence-corrected chi connectivity index (χ1v) is 6.69. The summed E-state index contributed by atoms with van der Waals surface area (Å²) in [4.78, 5) is 2.41. The second-order valence-corrected chi connectivity index (χ2v) is 5.34. The molecule has 1 aliphatic heterocycles. The van der Waals surface area contributed by atoms with Crippen molar-refractivity contribution in [3.63, 3.8) is 0 Å². The lowest BCUT2D eigenvalue weighted by Crippen LogP contribution is -2.47. The smallest absolute Gasteiger partial charge is 0.219 e. The number of rotatable bonds is 4. The lowest BCUT2D eigenvalue weighted by Gasteiger charge is -2.37. The van der Waals surface area contributed by atoms with Crippen LogP contribution in [0.15, 0.2) is 0 Å². The van der Waals surface area contributed by atoms with Crippen molar-refractivity contribution < 1.29 is 4.74 Å². The Morgan fingerprint density at radius 3 is 3.06 bits per heavy atom. The van der Waals surface area contributed by atoms with Crippen molar-refractivity contribution in [1.82, 2.24) is 15.1 Å². The van der Waals surface area contributed by atoms with Gasteiger partial charge in [-0.3, -0.25) is 10.3 Å². The van der Waals surface area contributed by atoms with E-state index in [0.29, 0.717) is 11.2 Å². The van der Waals surface area contributed by atoms with E-state index in [1.165, 1.54) is 11.3 Å². The number of anilines is 1. The Morgan fingerprint density at radius 2 is 2.41 bits per heavy atom. The third-order valence-corrected chi connectivity index (χ3v) is 3.82. The second kappa shape index (κ2) is 5.72. The van der Waals surface area contributed by atoms with Crippen LogP contribution in [0.1, 0.15) is 25.3 Å². The molecule has 1 aromatic rings. The number of aromatic nitrogens is 2. The number of nitrogens with two attached hydrogens (primary N) is 1. The molecule has 1 saturated heterocycles. The predicted octanol–water partition coefficient (Wildman–Crippen LogP) is 0.823. The molecule has 0 bridgehead atoms. The molecule has 0 radical (unpaired) electrons. The van der Waals surface area contributed by atoms with Gasteiger partial charge in [0.25, 0.3) is 0 Å². The molecular formula is C10H19N5OS. The van der Waals surface area contributed by atoms with Gasteiger partial charge in [0.15, 0.2) is 0 Å². The summed E-state index contributed by atoms with van der Waals surface area (Å²) in [5.74, 6) is 5.30. The summed E-state index contributed by atoms with van der Waals surface area (Å²) >= 11 is 1.50. The minimum Gasteiger partial charge on any atom is -0.376 e. The fourth-order valence-corrected chi connectivity index (χ4v) is 2.71. The van der Waals surface area contributed by atoms with E-state index in [4.69, 9.17) is 10.6 Å². The van der Waals surface area contributed by atoms with Gasteiger partial charge >= 0.3 is 0 Å². The molecule has 1 aliphatic rings. The monoisotopic (exact) mass is 257 g/mol. The van der Waals surface area contributed by atoms with Crippen molar-refractivity contribution in [2.24, 2.45) is 5.84 Å². The van der Waals surface area contributed by atoms with E-state index in [2.05, 4.69) is 34.4 Å². The van der Waals surface area contributed by atoms with Crippen LogP contribution in [-0.4, -0.2) is 40.4 Å². The quantitative estimate of drug-likeness (QED) is 0.614. The normalized spacial score (nSPS) is 26.1. The average molecular weight is 257 g/mol. The van der Waals surface area contributed by atoms with Crippen molar-refractivity contribution in [2.45, 2.75) is 39.0 Å². The Kier molecular flexibility index (Phi) is 4.27. The molecule has 96 valence electrons. The summed E-state index contributed by atoms with van der Waals surface area (Å²) in [6, 6.07) is 0.476. The van der Waals surface area contributed by atoms with Gasteiger partial charge in [-0.25, -0.2) is 5.84 Å². The van der Waals surface area contributed by atoms with Crippen molar-refractivity contribution in [3.05, 3.63) is 5.01 Å². The van der Waals surface area contributed by atoms with E-state index in [-0.39, 0.29) is 6.10 Å². The standard InChI is InChI=1S/C10H19N5OS/c1-3-8-6-16-7(2)4-15(8)5-9-13-14-10(12-11)17-9/h7-8H,3-6,11H2,1-2H3,(H,12,14). The van der Waals surface area contributed by atoms with Gasteiger partial charge in [-0.2, -0.15) is 0 Å². The van der Waals surface area contributed by atoms with Crippen LogP contribution in [0.25, 0.3) is 0 Å². The van der Waals surface area contributed by atoms with Gasteiger partial charge in [0.05, 0.1) is 19.3 Å². The number of hydrogen-bond donors (Lipinski definition) is 2. The van der Waals surface area contributed by atoms with Crippen LogP contribution in [-0.2, 0) is 11.3 Å². The van der Waals surface area contributed by atoms with Gasteiger partial charge in [-0.05, 0) is 13.3 Å². The topological polar surface area (TPSA) is 76.3 Å². The average Bonchev–Trinajstić information content (AvgIpc) is 2.77. The Bertz CT molecular complexity index is 358. The summed E-state index contributed by atoms with van der Waals surface area (Å²) in [6.07, 6.45) is 1.38. The molecule has 2 heterocycles. The number of morpholine rings is 1. The predicted molar refractivity (Wildman–Crippen MR) is 67.6 cm³/mol. The zero-order valence-electron chi connectivity index (χ0n) is 10.2. The minimum atomic E-state index is 0.290. The van der Waals surface area contributed by atoms with Crippen molar-refractivity contribution in [2.75, 3.05) is 18.6 Å². The first kappa shape index (κ1) is 12.7. The fraction of sp³-hybridized carbons (Fsp3) is 0.800. The molecule has 0 aliphatic carbocycles. The molecule has 1 aromatic heterocycles. The summed E-state index contributed by atoms with van der Waals surface area (Å²) in [5, 5.41) is 9.72. The Labute approximate surface area is 105 Å². The molecule has 2 unspecified atom stereocenters. The SMILES string of the molecule is CCC1COC(C)CN1Cc1nnc(NN)s1. The van der Waals surface area contributed by atoms with E-state index in [1.54, 1.807) is 0 Å². The van der Waals surface area contributed by atoms with Crippen LogP contribution in [0.4, 0.5) is 5.13 Å². The van der Waals surface area contributed by atoms with Gasteiger partial charge in [-0.15, -0.1) is 10.2 Å². The number of nitrogen functional groups attached to an aromatic ring is 1. The maximum atomic E-state index is 5.67. The summed E-state index contributed by atoms with van der Waals surface area (Å²) in [5.41, 5.74) is 2.52. The largest absolute Gasteiger partial charge is 0.376 e. The number of hydrazine groups is 1. The van der Waals surface area contributed by atoms with E-state index in [9.17, 15) is 0 Å². The Morgan fingerprint density at radius 1 is 1.59 bits per heavy atom. The first-order chi connectivity index (χ1) is 8.22. The number of nitrogens with one attached hydrogen (secondary N) is 1.